The SMILES string of the molecule is C.CCCCCCCCCCC(CCCCCCCCCC)CCCN1C(=O)/C(=C2/C(=O)N(CCCC(CCCCCCCCCC)CCCCCCCCCC)c3cc(Br)ccc32)c2ccc(Br)cc21.CCCCCCCCCCC(CCCI)CCCCCCCCCC.O=C1Cc2cc(Br)ccc2/C1=C1\C(=O)Nc2cc(Br)ccc21. The van der Waals surface area contributed by atoms with Gasteiger partial charge >= 0.3 is 0 Å². The van der Waals surface area contributed by atoms with Crippen molar-refractivity contribution in [3.05, 3.63) is 119 Å². The maximum absolute atomic E-state index is 14.9. The quantitative estimate of drug-likeness (QED) is 0.0207. The Morgan fingerprint density at radius 2 is 0.568 bits per heavy atom. The van der Waals surface area contributed by atoms with Crippen LogP contribution in [0.1, 0.15) is 462 Å². The van der Waals surface area contributed by atoms with Crippen molar-refractivity contribution in [2.24, 2.45) is 17.8 Å². The zero-order valence-electron chi connectivity index (χ0n) is 74.8. The van der Waals surface area contributed by atoms with E-state index in [0.29, 0.717) is 53.6 Å². The third-order valence-electron chi connectivity index (χ3n) is 25.7. The first-order chi connectivity index (χ1) is 57.2. The number of allylic oxidation sites excluding steroid dienone is 1. The summed E-state index contributed by atoms with van der Waals surface area (Å²) < 4.78 is 5.11. The molecular weight excluding hydrogens is 1830 g/mol. The molecule has 0 unspecified atom stereocenters. The number of nitrogens with one attached hydrogen (secondary N) is 1. The molecule has 1 N–H and O–H groups in total. The van der Waals surface area contributed by atoms with Gasteiger partial charge in [-0.15, -0.1) is 0 Å². The Kier molecular flexibility index (Phi) is 58.8. The Bertz CT molecular complexity index is 3230. The lowest BCUT2D eigenvalue weighted by molar-refractivity contribution is -0.114. The maximum Gasteiger partial charge on any atom is 0.259 e. The number of halogens is 5. The van der Waals surface area contributed by atoms with Gasteiger partial charge in [-0.1, -0.05) is 506 Å². The Balaban J connectivity index is 0.000000415. The van der Waals surface area contributed by atoms with E-state index in [9.17, 15) is 19.2 Å². The number of alkyl halides is 1. The highest BCUT2D eigenvalue weighted by Gasteiger charge is 2.43. The number of hydrogen-bond donors (Lipinski definition) is 1. The number of nitrogens with zero attached hydrogens (tertiary/aromatic N) is 2. The van der Waals surface area contributed by atoms with Crippen LogP contribution in [0.3, 0.4) is 0 Å². The molecule has 118 heavy (non-hydrogen) atoms. The van der Waals surface area contributed by atoms with E-state index in [2.05, 4.69) is 157 Å². The van der Waals surface area contributed by atoms with Gasteiger partial charge in [0.15, 0.2) is 5.78 Å². The summed E-state index contributed by atoms with van der Waals surface area (Å²) in [7, 11) is 0. The monoisotopic (exact) mass is 1990 g/mol. The van der Waals surface area contributed by atoms with Crippen LogP contribution in [0.25, 0.3) is 22.3 Å². The lowest BCUT2D eigenvalue weighted by atomic mass is 9.90. The van der Waals surface area contributed by atoms with Gasteiger partial charge in [0.2, 0.25) is 0 Å². The molecule has 664 valence electrons. The third kappa shape index (κ3) is 39.7. The molecule has 0 spiro atoms. The second-order valence-corrected chi connectivity index (χ2v) is 40.3. The van der Waals surface area contributed by atoms with Crippen LogP contribution in [0.5, 0.6) is 0 Å². The third-order valence-corrected chi connectivity index (χ3v) is 28.4. The van der Waals surface area contributed by atoms with Gasteiger partial charge in [0.25, 0.3) is 17.7 Å². The Morgan fingerprint density at radius 1 is 0.305 bits per heavy atom. The summed E-state index contributed by atoms with van der Waals surface area (Å²) in [6, 6.07) is 23.8. The van der Waals surface area contributed by atoms with Crippen molar-refractivity contribution < 1.29 is 19.2 Å². The summed E-state index contributed by atoms with van der Waals surface area (Å²) in [4.78, 5) is 58.8. The lowest BCUT2D eigenvalue weighted by Crippen LogP contribution is -2.30. The maximum atomic E-state index is 14.9. The van der Waals surface area contributed by atoms with E-state index in [1.807, 2.05) is 58.3 Å². The van der Waals surface area contributed by atoms with Gasteiger partial charge in [-0.3, -0.25) is 19.2 Å². The molecule has 8 rings (SSSR count). The molecule has 0 atom stereocenters. The number of hydrogen-bond acceptors (Lipinski definition) is 4. The average Bonchev–Trinajstić information content (AvgIpc) is 1.59. The van der Waals surface area contributed by atoms with Crippen molar-refractivity contribution in [2.75, 3.05) is 32.6 Å². The molecule has 3 heterocycles. The molecule has 0 fully saturated rings. The number of carbonyl (C=O) groups is 4. The average molecular weight is 1990 g/mol. The molecule has 0 saturated heterocycles. The number of amides is 3. The molecule has 0 saturated carbocycles. The van der Waals surface area contributed by atoms with E-state index < -0.39 is 0 Å². The zero-order chi connectivity index (χ0) is 83.9. The molecule has 4 aromatic carbocycles. The van der Waals surface area contributed by atoms with Crippen LogP contribution in [0.2, 0.25) is 0 Å². The number of rotatable bonds is 65. The number of anilines is 3. The van der Waals surface area contributed by atoms with Gasteiger partial charge in [-0.05, 0) is 120 Å². The van der Waals surface area contributed by atoms with Gasteiger partial charge in [-0.25, -0.2) is 0 Å². The van der Waals surface area contributed by atoms with Crippen molar-refractivity contribution in [2.45, 2.75) is 441 Å². The number of benzene rings is 4. The molecule has 1 aliphatic carbocycles. The van der Waals surface area contributed by atoms with E-state index in [-0.39, 0.29) is 30.9 Å². The molecular formula is C106H166Br4IN3O4. The normalized spacial score (nSPS) is 14.7. The summed E-state index contributed by atoms with van der Waals surface area (Å²) in [6.07, 6.45) is 82.9. The molecule has 0 aromatic heterocycles. The first-order valence-electron chi connectivity index (χ1n) is 48.9. The second-order valence-electron chi connectivity index (χ2n) is 35.6. The fraction of sp³-hybridized carbons (Fsp3) is 0.698. The van der Waals surface area contributed by atoms with Crippen molar-refractivity contribution >= 4 is 149 Å². The predicted octanol–water partition coefficient (Wildman–Crippen LogP) is 36.4. The summed E-state index contributed by atoms with van der Waals surface area (Å²) in [5, 5.41) is 2.84. The van der Waals surface area contributed by atoms with E-state index in [1.165, 1.54) is 364 Å². The van der Waals surface area contributed by atoms with Gasteiger partial charge in [-0.2, -0.15) is 0 Å². The first-order valence-corrected chi connectivity index (χ1v) is 53.6. The van der Waals surface area contributed by atoms with Crippen molar-refractivity contribution in [1.82, 2.24) is 0 Å². The van der Waals surface area contributed by atoms with Crippen LogP contribution in [0.4, 0.5) is 17.1 Å². The summed E-state index contributed by atoms with van der Waals surface area (Å²) in [5.74, 6) is 2.23. The van der Waals surface area contributed by atoms with Crippen LogP contribution >= 0.6 is 86.3 Å². The minimum atomic E-state index is -0.216. The van der Waals surface area contributed by atoms with Gasteiger partial charge < -0.3 is 15.1 Å². The fourth-order valence-corrected chi connectivity index (χ4v) is 20.6. The van der Waals surface area contributed by atoms with E-state index in [1.54, 1.807) is 0 Å². The molecule has 0 bridgehead atoms. The highest BCUT2D eigenvalue weighted by molar-refractivity contribution is 14.1. The molecule has 12 heteroatoms. The highest BCUT2D eigenvalue weighted by atomic mass is 127. The summed E-state index contributed by atoms with van der Waals surface area (Å²) in [5.41, 5.74) is 9.22. The van der Waals surface area contributed by atoms with Gasteiger partial charge in [0, 0.05) is 59.7 Å². The van der Waals surface area contributed by atoms with Crippen LogP contribution in [-0.4, -0.2) is 41.0 Å². The van der Waals surface area contributed by atoms with Gasteiger partial charge in [0.05, 0.1) is 33.8 Å². The second kappa shape index (κ2) is 65.6. The van der Waals surface area contributed by atoms with Gasteiger partial charge in [0.1, 0.15) is 0 Å². The Labute approximate surface area is 771 Å². The van der Waals surface area contributed by atoms with E-state index >= 15 is 0 Å². The first kappa shape index (κ1) is 106. The molecule has 7 nitrogen and oxygen atoms in total. The largest absolute Gasteiger partial charge is 0.321 e. The van der Waals surface area contributed by atoms with Crippen molar-refractivity contribution in [3.63, 3.8) is 0 Å². The topological polar surface area (TPSA) is 86.8 Å². The predicted molar refractivity (Wildman–Crippen MR) is 539 cm³/mol. The van der Waals surface area contributed by atoms with Crippen molar-refractivity contribution in [1.29, 1.82) is 0 Å². The van der Waals surface area contributed by atoms with Crippen LogP contribution in [0.15, 0.2) is 90.7 Å². The standard InChI is InChI=1S/C64H104Br2N2O2.C24H49I.C17H9Br2NO2.CH4/c1-5-9-13-17-21-25-29-33-39-53(40-34-30-26-22-18-14-10-6-2)43-37-49-67-59-51-55(65)45-47-57(59)61(63(67)69)62-58-48-46-56(66)52-60(58)68(64(62)70)50-38-44-54(41-35-31-27-23-19-15-11-7-3)42-36-32-28-24-20-16-12-8-4;1-3-5-7-9-11-13-15-17-20-24(22-19-23-25)21-18-16-14-12-10-8-6-4-2;18-9-1-3-11-8(5-9)6-14(21)15(11)16-12-4-2-10(19)7-13(12)20-17(16)22;/h45-48,51-54H,5-44,49-50H2,1-4H3;24H,3-23H2,1-2H3;1-5,7H,6H2,(H,20,22);1H4/b62-61+;;16-15+;. The number of fused-ring (bicyclic) bond motifs is 4. The number of carbonyl (C=O) groups excluding carboxylic acids is 4. The van der Waals surface area contributed by atoms with Crippen LogP contribution in [-0.2, 0) is 25.6 Å². The van der Waals surface area contributed by atoms with Crippen molar-refractivity contribution in [3.8, 4) is 0 Å². The number of unbranched alkanes of at least 4 members (excludes halogenated alkanes) is 42. The van der Waals surface area contributed by atoms with E-state index in [4.69, 9.17) is 0 Å². The highest BCUT2D eigenvalue weighted by Crippen LogP contribution is 2.49. The Hall–Kier alpha value is -2.91. The lowest BCUT2D eigenvalue weighted by Gasteiger charge is -2.21. The summed E-state index contributed by atoms with van der Waals surface area (Å²) in [6.45, 7) is 15.2. The molecule has 3 aliphatic heterocycles. The van der Waals surface area contributed by atoms with Crippen LogP contribution < -0.4 is 15.1 Å². The molecule has 4 aromatic rings. The molecule has 0 radical (unpaired) electrons. The number of ketones is 1. The molecule has 3 amide bonds. The smallest absolute Gasteiger partial charge is 0.259 e. The number of Topliss-reactive ketones (excluding diaryl/α,β-unsaturated/α-hetero) is 1. The van der Waals surface area contributed by atoms with Crippen LogP contribution in [0, 0.1) is 17.8 Å². The fourth-order valence-electron chi connectivity index (χ4n) is 18.7. The Morgan fingerprint density at radius 3 is 0.881 bits per heavy atom. The molecule has 4 aliphatic rings. The summed E-state index contributed by atoms with van der Waals surface area (Å²) >= 11 is 16.9. The minimum Gasteiger partial charge on any atom is -0.321 e. The minimum absolute atomic E-state index is 0. The van der Waals surface area contributed by atoms with E-state index in [0.717, 1.165) is 94.4 Å². The zero-order valence-corrected chi connectivity index (χ0v) is 83.3.